The largest absolute Gasteiger partial charge is 0.289 e. The van der Waals surface area contributed by atoms with Crippen LogP contribution >= 0.6 is 0 Å². The molecule has 0 amide bonds. The third kappa shape index (κ3) is 3.88. The number of hydrogen-bond acceptors (Lipinski definition) is 2. The monoisotopic (exact) mass is 126 g/mol. The molecule has 9 heavy (non-hydrogen) atoms. The van der Waals surface area contributed by atoms with Crippen LogP contribution in [0, 0.1) is 0 Å². The van der Waals surface area contributed by atoms with Crippen molar-refractivity contribution in [2.24, 2.45) is 9.98 Å². The minimum absolute atomic E-state index is 0.872. The Kier molecular flexibility index (Phi) is 5.07. The topological polar surface area (TPSA) is 24.7 Å². The summed E-state index contributed by atoms with van der Waals surface area (Å²) < 4.78 is 0. The summed E-state index contributed by atoms with van der Waals surface area (Å²) in [5.41, 5.74) is 1.05. The van der Waals surface area contributed by atoms with Crippen LogP contribution in [0.15, 0.2) is 9.98 Å². The SMILES string of the molecule is CC.CC1=NCCN=C1. The summed E-state index contributed by atoms with van der Waals surface area (Å²) in [5.74, 6) is 0. The van der Waals surface area contributed by atoms with Crippen LogP contribution in [0.25, 0.3) is 0 Å². The molecular weight excluding hydrogens is 112 g/mol. The van der Waals surface area contributed by atoms with E-state index >= 15 is 0 Å². The lowest BCUT2D eigenvalue weighted by Gasteiger charge is -1.96. The van der Waals surface area contributed by atoms with Crippen molar-refractivity contribution in [2.45, 2.75) is 20.8 Å². The number of hydrogen-bond donors (Lipinski definition) is 0. The predicted molar refractivity (Wildman–Crippen MR) is 42.7 cm³/mol. The van der Waals surface area contributed by atoms with Crippen molar-refractivity contribution >= 4 is 11.9 Å². The standard InChI is InChI=1S/C5H8N2.C2H6/c1-5-4-6-2-3-7-5;1-2/h4H,2-3H2,1H3;1-2H3. The lowest BCUT2D eigenvalue weighted by atomic mass is 10.4. The molecule has 0 unspecified atom stereocenters. The van der Waals surface area contributed by atoms with Crippen LogP contribution in [-0.2, 0) is 0 Å². The summed E-state index contributed by atoms with van der Waals surface area (Å²) in [6, 6.07) is 0. The van der Waals surface area contributed by atoms with Crippen LogP contribution in [0.2, 0.25) is 0 Å². The summed E-state index contributed by atoms with van der Waals surface area (Å²) in [6.07, 6.45) is 1.81. The Balaban J connectivity index is 0.000000291. The molecule has 1 aliphatic heterocycles. The maximum absolute atomic E-state index is 4.10. The number of rotatable bonds is 0. The van der Waals surface area contributed by atoms with Gasteiger partial charge in [0.15, 0.2) is 0 Å². The van der Waals surface area contributed by atoms with E-state index in [0.29, 0.717) is 0 Å². The van der Waals surface area contributed by atoms with Crippen LogP contribution in [-0.4, -0.2) is 25.0 Å². The summed E-state index contributed by atoms with van der Waals surface area (Å²) in [4.78, 5) is 8.10. The Hall–Kier alpha value is -0.660. The van der Waals surface area contributed by atoms with Gasteiger partial charge in [0.2, 0.25) is 0 Å². The first-order chi connectivity index (χ1) is 4.39. The van der Waals surface area contributed by atoms with Gasteiger partial charge in [-0.3, -0.25) is 9.98 Å². The fraction of sp³-hybridized carbons (Fsp3) is 0.714. The molecule has 0 aliphatic carbocycles. The molecule has 1 rings (SSSR count). The second kappa shape index (κ2) is 5.48. The van der Waals surface area contributed by atoms with Crippen LogP contribution in [0.5, 0.6) is 0 Å². The Labute approximate surface area is 56.7 Å². The highest BCUT2D eigenvalue weighted by Gasteiger charge is 1.88. The van der Waals surface area contributed by atoms with E-state index in [2.05, 4.69) is 9.98 Å². The first-order valence-electron chi connectivity index (χ1n) is 3.40. The zero-order valence-electron chi connectivity index (χ0n) is 6.39. The zero-order chi connectivity index (χ0) is 7.11. The maximum Gasteiger partial charge on any atom is 0.0589 e. The lowest BCUT2D eigenvalue weighted by Crippen LogP contribution is -2.03. The first kappa shape index (κ1) is 8.34. The summed E-state index contributed by atoms with van der Waals surface area (Å²) in [6.45, 7) is 7.71. The lowest BCUT2D eigenvalue weighted by molar-refractivity contribution is 0.969. The molecule has 0 spiro atoms. The Morgan fingerprint density at radius 1 is 1.33 bits per heavy atom. The van der Waals surface area contributed by atoms with Crippen molar-refractivity contribution in [3.05, 3.63) is 0 Å². The third-order valence-corrected chi connectivity index (χ3v) is 0.868. The molecule has 2 nitrogen and oxygen atoms in total. The van der Waals surface area contributed by atoms with E-state index in [-0.39, 0.29) is 0 Å². The van der Waals surface area contributed by atoms with Gasteiger partial charge < -0.3 is 0 Å². The molecule has 1 heterocycles. The minimum atomic E-state index is 0.872. The first-order valence-corrected chi connectivity index (χ1v) is 3.40. The fourth-order valence-electron chi connectivity index (χ4n) is 0.522. The molecule has 0 saturated heterocycles. The summed E-state index contributed by atoms with van der Waals surface area (Å²) >= 11 is 0. The second-order valence-corrected chi connectivity index (χ2v) is 1.56. The van der Waals surface area contributed by atoms with Gasteiger partial charge in [0.25, 0.3) is 0 Å². The summed E-state index contributed by atoms with van der Waals surface area (Å²) in [5, 5.41) is 0. The molecule has 0 fully saturated rings. The average molecular weight is 126 g/mol. The van der Waals surface area contributed by atoms with E-state index in [9.17, 15) is 0 Å². The van der Waals surface area contributed by atoms with Crippen molar-refractivity contribution in [1.82, 2.24) is 0 Å². The van der Waals surface area contributed by atoms with Crippen molar-refractivity contribution in [3.8, 4) is 0 Å². The molecular formula is C7H14N2. The number of aliphatic imine (C=N–C) groups is 2. The number of nitrogens with zero attached hydrogens (tertiary/aromatic N) is 2. The van der Waals surface area contributed by atoms with Gasteiger partial charge in [-0.15, -0.1) is 0 Å². The van der Waals surface area contributed by atoms with E-state index in [1.165, 1.54) is 0 Å². The summed E-state index contributed by atoms with van der Waals surface area (Å²) in [7, 11) is 0. The Morgan fingerprint density at radius 3 is 2.22 bits per heavy atom. The molecule has 0 aromatic rings. The van der Waals surface area contributed by atoms with Crippen LogP contribution < -0.4 is 0 Å². The van der Waals surface area contributed by atoms with Gasteiger partial charge in [0.1, 0.15) is 0 Å². The predicted octanol–water partition coefficient (Wildman–Crippen LogP) is 1.56. The molecule has 0 saturated carbocycles. The van der Waals surface area contributed by atoms with Gasteiger partial charge in [0.05, 0.1) is 13.1 Å². The van der Waals surface area contributed by atoms with Gasteiger partial charge in [0, 0.05) is 11.9 Å². The van der Waals surface area contributed by atoms with Gasteiger partial charge in [-0.2, -0.15) is 0 Å². The highest BCUT2D eigenvalue weighted by molar-refractivity contribution is 6.29. The van der Waals surface area contributed by atoms with Crippen molar-refractivity contribution in [3.63, 3.8) is 0 Å². The molecule has 0 radical (unpaired) electrons. The van der Waals surface area contributed by atoms with E-state index in [4.69, 9.17) is 0 Å². The minimum Gasteiger partial charge on any atom is -0.289 e. The van der Waals surface area contributed by atoms with Gasteiger partial charge in [-0.1, -0.05) is 13.8 Å². The highest BCUT2D eigenvalue weighted by atomic mass is 14.9. The molecule has 0 aromatic carbocycles. The van der Waals surface area contributed by atoms with Crippen LogP contribution in [0.3, 0.4) is 0 Å². The molecule has 0 bridgehead atoms. The van der Waals surface area contributed by atoms with Crippen molar-refractivity contribution in [2.75, 3.05) is 13.1 Å². The maximum atomic E-state index is 4.10. The highest BCUT2D eigenvalue weighted by Crippen LogP contribution is 1.82. The van der Waals surface area contributed by atoms with E-state index in [1.807, 2.05) is 27.0 Å². The van der Waals surface area contributed by atoms with Gasteiger partial charge in [-0.05, 0) is 6.92 Å². The third-order valence-electron chi connectivity index (χ3n) is 0.868. The molecule has 0 N–H and O–H groups in total. The van der Waals surface area contributed by atoms with Crippen molar-refractivity contribution in [1.29, 1.82) is 0 Å². The smallest absolute Gasteiger partial charge is 0.0589 e. The normalized spacial score (nSPS) is 15.7. The zero-order valence-corrected chi connectivity index (χ0v) is 6.39. The van der Waals surface area contributed by atoms with Crippen LogP contribution in [0.4, 0.5) is 0 Å². The Bertz CT molecular complexity index is 114. The molecule has 0 aromatic heterocycles. The molecule has 52 valence electrons. The molecule has 0 atom stereocenters. The molecule has 2 heteroatoms. The fourth-order valence-corrected chi connectivity index (χ4v) is 0.522. The second-order valence-electron chi connectivity index (χ2n) is 1.56. The quantitative estimate of drug-likeness (QED) is 0.470. The van der Waals surface area contributed by atoms with E-state index < -0.39 is 0 Å². The van der Waals surface area contributed by atoms with Gasteiger partial charge >= 0.3 is 0 Å². The Morgan fingerprint density at radius 2 is 2.00 bits per heavy atom. The van der Waals surface area contributed by atoms with E-state index in [1.54, 1.807) is 0 Å². The molecule has 1 aliphatic rings. The average Bonchev–Trinajstić information content (AvgIpc) is 1.94. The van der Waals surface area contributed by atoms with Crippen molar-refractivity contribution < 1.29 is 0 Å². The van der Waals surface area contributed by atoms with Crippen LogP contribution in [0.1, 0.15) is 20.8 Å². The van der Waals surface area contributed by atoms with Gasteiger partial charge in [-0.25, -0.2) is 0 Å². The van der Waals surface area contributed by atoms with E-state index in [0.717, 1.165) is 18.8 Å².